The van der Waals surface area contributed by atoms with Gasteiger partial charge in [0.15, 0.2) is 5.65 Å². The number of hydrogen-bond donors (Lipinski definition) is 0. The molecular formula is C26H26BrN3. The molecule has 2 saturated carbocycles. The second kappa shape index (κ2) is 7.35. The maximum atomic E-state index is 4.40. The molecule has 2 heterocycles. The van der Waals surface area contributed by atoms with Crippen LogP contribution in [0.4, 0.5) is 0 Å². The normalized spacial score (nSPS) is 17.8. The van der Waals surface area contributed by atoms with Crippen LogP contribution in [0, 0.1) is 0 Å². The lowest BCUT2D eigenvalue weighted by Gasteiger charge is -2.09. The molecule has 2 aromatic heterocycles. The smallest absolute Gasteiger partial charge is 0.154 e. The molecule has 2 aliphatic rings. The van der Waals surface area contributed by atoms with Crippen molar-refractivity contribution in [3.63, 3.8) is 0 Å². The van der Waals surface area contributed by atoms with E-state index in [-0.39, 0.29) is 0 Å². The lowest BCUT2D eigenvalue weighted by atomic mass is 9.96. The number of aromatic nitrogens is 3. The Morgan fingerprint density at radius 1 is 0.767 bits per heavy atom. The largest absolute Gasteiger partial charge is 0.236 e. The number of nitrogens with zero attached hydrogens (tertiary/aromatic N) is 3. The summed E-state index contributed by atoms with van der Waals surface area (Å²) in [6, 6.07) is 19.5. The fourth-order valence-electron chi connectivity index (χ4n) is 3.83. The lowest BCUT2D eigenvalue weighted by molar-refractivity contribution is 0.787. The van der Waals surface area contributed by atoms with Crippen molar-refractivity contribution < 1.29 is 0 Å². The van der Waals surface area contributed by atoms with Gasteiger partial charge in [-0.15, -0.1) is 0 Å². The van der Waals surface area contributed by atoms with Gasteiger partial charge in [-0.1, -0.05) is 66.2 Å². The minimum Gasteiger partial charge on any atom is -0.236 e. The SMILES string of the molecule is CC1(c2ccc(-c3cnc4ccnn4c3)cc2)CC1.CC1(c2ccc(Br)cc2)CC1. The maximum Gasteiger partial charge on any atom is 0.154 e. The van der Waals surface area contributed by atoms with E-state index in [4.69, 9.17) is 0 Å². The predicted octanol–water partition coefficient (Wildman–Crippen LogP) is 6.95. The molecule has 0 amide bonds. The van der Waals surface area contributed by atoms with Crippen LogP contribution in [0.5, 0.6) is 0 Å². The molecule has 30 heavy (non-hydrogen) atoms. The van der Waals surface area contributed by atoms with Crippen LogP contribution in [0.15, 0.2) is 77.7 Å². The molecule has 152 valence electrons. The van der Waals surface area contributed by atoms with Crippen molar-refractivity contribution in [1.82, 2.24) is 14.6 Å². The highest BCUT2D eigenvalue weighted by Gasteiger charge is 2.39. The molecule has 0 spiro atoms. The van der Waals surface area contributed by atoms with Crippen molar-refractivity contribution in [2.24, 2.45) is 0 Å². The highest BCUT2D eigenvalue weighted by molar-refractivity contribution is 9.10. The standard InChI is InChI=1S/C16H15N3.C10H11Br/c1-16(7-8-16)14-4-2-12(3-5-14)13-10-17-15-6-9-18-19(15)11-13;1-10(6-7-10)8-2-4-9(11)5-3-8/h2-6,9-11H,7-8H2,1H3;2-5H,6-7H2,1H3. The van der Waals surface area contributed by atoms with Gasteiger partial charge < -0.3 is 0 Å². The summed E-state index contributed by atoms with van der Waals surface area (Å²) in [6.07, 6.45) is 11.0. The van der Waals surface area contributed by atoms with Gasteiger partial charge >= 0.3 is 0 Å². The van der Waals surface area contributed by atoms with Crippen LogP contribution >= 0.6 is 15.9 Å². The molecule has 0 aliphatic heterocycles. The van der Waals surface area contributed by atoms with E-state index in [2.05, 4.69) is 88.4 Å². The van der Waals surface area contributed by atoms with Crippen LogP contribution in [0.1, 0.15) is 50.7 Å². The summed E-state index contributed by atoms with van der Waals surface area (Å²) in [7, 11) is 0. The van der Waals surface area contributed by atoms with E-state index in [1.54, 1.807) is 6.20 Å². The Hall–Kier alpha value is -2.46. The maximum absolute atomic E-state index is 4.40. The Balaban J connectivity index is 0.000000149. The third-order valence-electron chi connectivity index (χ3n) is 6.70. The summed E-state index contributed by atoms with van der Waals surface area (Å²) < 4.78 is 2.98. The predicted molar refractivity (Wildman–Crippen MR) is 126 cm³/mol. The van der Waals surface area contributed by atoms with E-state index < -0.39 is 0 Å². The summed E-state index contributed by atoms with van der Waals surface area (Å²) in [6.45, 7) is 4.66. The molecule has 0 unspecified atom stereocenters. The topological polar surface area (TPSA) is 30.2 Å². The quantitative estimate of drug-likeness (QED) is 0.331. The van der Waals surface area contributed by atoms with Crippen molar-refractivity contribution >= 4 is 21.6 Å². The fourth-order valence-corrected chi connectivity index (χ4v) is 4.09. The zero-order valence-corrected chi connectivity index (χ0v) is 19.1. The first-order valence-corrected chi connectivity index (χ1v) is 11.4. The number of benzene rings is 2. The molecule has 2 fully saturated rings. The first kappa shape index (κ1) is 19.5. The summed E-state index contributed by atoms with van der Waals surface area (Å²) in [5.74, 6) is 0. The molecule has 4 heteroatoms. The Bertz CT molecular complexity index is 1170. The molecule has 0 saturated heterocycles. The van der Waals surface area contributed by atoms with Crippen LogP contribution < -0.4 is 0 Å². The number of hydrogen-bond acceptors (Lipinski definition) is 2. The van der Waals surface area contributed by atoms with Crippen molar-refractivity contribution in [1.29, 1.82) is 0 Å². The first-order valence-electron chi connectivity index (χ1n) is 10.6. The lowest BCUT2D eigenvalue weighted by Crippen LogP contribution is -1.98. The molecule has 4 aromatic rings. The van der Waals surface area contributed by atoms with E-state index in [0.717, 1.165) is 11.2 Å². The molecule has 0 radical (unpaired) electrons. The van der Waals surface area contributed by atoms with Gasteiger partial charge in [0.1, 0.15) is 0 Å². The summed E-state index contributed by atoms with van der Waals surface area (Å²) in [5, 5.41) is 4.23. The molecule has 6 rings (SSSR count). The third-order valence-corrected chi connectivity index (χ3v) is 7.23. The fraction of sp³-hybridized carbons (Fsp3) is 0.308. The second-order valence-corrected chi connectivity index (χ2v) is 10.1. The molecular weight excluding hydrogens is 434 g/mol. The third kappa shape index (κ3) is 3.93. The summed E-state index contributed by atoms with van der Waals surface area (Å²) in [4.78, 5) is 4.40. The van der Waals surface area contributed by atoms with Crippen molar-refractivity contribution in [2.75, 3.05) is 0 Å². The average molecular weight is 460 g/mol. The van der Waals surface area contributed by atoms with Crippen LogP contribution in [0.3, 0.4) is 0 Å². The zero-order chi connectivity index (χ0) is 20.8. The molecule has 0 N–H and O–H groups in total. The molecule has 3 nitrogen and oxygen atoms in total. The van der Waals surface area contributed by atoms with Crippen LogP contribution in [-0.4, -0.2) is 14.6 Å². The monoisotopic (exact) mass is 459 g/mol. The van der Waals surface area contributed by atoms with Gasteiger partial charge in [0.2, 0.25) is 0 Å². The van der Waals surface area contributed by atoms with Gasteiger partial charge in [-0.05, 0) is 65.3 Å². The average Bonchev–Trinajstić information content (AvgIpc) is 3.65. The Kier molecular flexibility index (Phi) is 4.78. The van der Waals surface area contributed by atoms with Gasteiger partial charge in [0.05, 0.1) is 6.20 Å². The minimum absolute atomic E-state index is 0.433. The van der Waals surface area contributed by atoms with Gasteiger partial charge in [0.25, 0.3) is 0 Å². The first-order chi connectivity index (χ1) is 14.5. The highest BCUT2D eigenvalue weighted by atomic mass is 79.9. The van der Waals surface area contributed by atoms with Gasteiger partial charge in [-0.25, -0.2) is 9.50 Å². The second-order valence-electron chi connectivity index (χ2n) is 9.18. The number of rotatable bonds is 3. The van der Waals surface area contributed by atoms with Crippen LogP contribution in [0.2, 0.25) is 0 Å². The molecule has 2 aliphatic carbocycles. The van der Waals surface area contributed by atoms with E-state index in [0.29, 0.717) is 10.8 Å². The van der Waals surface area contributed by atoms with E-state index in [1.165, 1.54) is 46.8 Å². The Labute approximate surface area is 186 Å². The van der Waals surface area contributed by atoms with Crippen molar-refractivity contribution in [3.05, 3.63) is 88.8 Å². The van der Waals surface area contributed by atoms with E-state index in [1.807, 2.05) is 23.0 Å². The van der Waals surface area contributed by atoms with Crippen LogP contribution in [0.25, 0.3) is 16.8 Å². The molecule has 0 bridgehead atoms. The minimum atomic E-state index is 0.433. The summed E-state index contributed by atoms with van der Waals surface area (Å²) >= 11 is 3.43. The van der Waals surface area contributed by atoms with Crippen LogP contribution in [-0.2, 0) is 10.8 Å². The van der Waals surface area contributed by atoms with E-state index in [9.17, 15) is 0 Å². The Morgan fingerprint density at radius 3 is 1.90 bits per heavy atom. The number of fused-ring (bicyclic) bond motifs is 1. The summed E-state index contributed by atoms with van der Waals surface area (Å²) in [5.41, 5.74) is 7.06. The van der Waals surface area contributed by atoms with Gasteiger partial charge in [0, 0.05) is 28.5 Å². The highest BCUT2D eigenvalue weighted by Crippen LogP contribution is 2.48. The van der Waals surface area contributed by atoms with Crippen molar-refractivity contribution in [3.8, 4) is 11.1 Å². The van der Waals surface area contributed by atoms with Gasteiger partial charge in [-0.2, -0.15) is 5.10 Å². The Morgan fingerprint density at radius 2 is 1.33 bits per heavy atom. The molecule has 0 atom stereocenters. The number of halogens is 1. The van der Waals surface area contributed by atoms with E-state index >= 15 is 0 Å². The van der Waals surface area contributed by atoms with Gasteiger partial charge in [-0.3, -0.25) is 0 Å². The van der Waals surface area contributed by atoms with Crippen molar-refractivity contribution in [2.45, 2.75) is 50.4 Å². The zero-order valence-electron chi connectivity index (χ0n) is 17.5. The molecule has 2 aromatic carbocycles.